The lowest BCUT2D eigenvalue weighted by atomic mass is 10.2. The number of likely N-dealkylation sites (N-methyl/N-ethyl adjacent to an activating group) is 1. The maximum atomic E-state index is 11.9. The highest BCUT2D eigenvalue weighted by atomic mass is 16.5. The highest BCUT2D eigenvalue weighted by molar-refractivity contribution is 5.87. The number of carbonyl (C=O) groups is 2. The smallest absolute Gasteiger partial charge is 0.328 e. The lowest BCUT2D eigenvalue weighted by Gasteiger charge is -2.25. The van der Waals surface area contributed by atoms with Gasteiger partial charge in [-0.3, -0.25) is 4.79 Å². The van der Waals surface area contributed by atoms with E-state index in [0.29, 0.717) is 13.0 Å². The topological polar surface area (TPSA) is 58.6 Å². The van der Waals surface area contributed by atoms with Gasteiger partial charge in [0, 0.05) is 6.54 Å². The Morgan fingerprint density at radius 3 is 2.73 bits per heavy atom. The van der Waals surface area contributed by atoms with Gasteiger partial charge in [0.05, 0.1) is 13.2 Å². The summed E-state index contributed by atoms with van der Waals surface area (Å²) in [7, 11) is 3.08. The molecule has 1 saturated heterocycles. The Morgan fingerprint density at radius 1 is 1.53 bits per heavy atom. The van der Waals surface area contributed by atoms with E-state index < -0.39 is 6.04 Å². The molecule has 0 aliphatic carbocycles. The first-order valence-electron chi connectivity index (χ1n) is 5.17. The zero-order valence-electron chi connectivity index (χ0n) is 9.45. The van der Waals surface area contributed by atoms with Crippen LogP contribution in [0.5, 0.6) is 0 Å². The summed E-state index contributed by atoms with van der Waals surface area (Å²) >= 11 is 0. The fourth-order valence-corrected chi connectivity index (χ4v) is 1.78. The molecule has 1 fully saturated rings. The van der Waals surface area contributed by atoms with Gasteiger partial charge in [-0.2, -0.15) is 0 Å². The van der Waals surface area contributed by atoms with Crippen LogP contribution in [-0.4, -0.2) is 49.6 Å². The Labute approximate surface area is 89.8 Å². The standard InChI is InChI=1S/C10H18N2O3/c1-7(11-2)9(13)12-6-4-5-8(12)10(14)15-3/h7-8,11H,4-6H2,1-3H3. The first-order chi connectivity index (χ1) is 7.11. The summed E-state index contributed by atoms with van der Waals surface area (Å²) in [5.41, 5.74) is 0. The highest BCUT2D eigenvalue weighted by Gasteiger charge is 2.36. The van der Waals surface area contributed by atoms with Crippen molar-refractivity contribution in [1.29, 1.82) is 0 Å². The van der Waals surface area contributed by atoms with Crippen molar-refractivity contribution in [3.05, 3.63) is 0 Å². The van der Waals surface area contributed by atoms with Gasteiger partial charge < -0.3 is 15.0 Å². The quantitative estimate of drug-likeness (QED) is 0.659. The third-order valence-corrected chi connectivity index (χ3v) is 2.81. The van der Waals surface area contributed by atoms with Crippen molar-refractivity contribution >= 4 is 11.9 Å². The van der Waals surface area contributed by atoms with Crippen LogP contribution >= 0.6 is 0 Å². The summed E-state index contributed by atoms with van der Waals surface area (Å²) in [6.07, 6.45) is 1.57. The molecule has 5 nitrogen and oxygen atoms in total. The van der Waals surface area contributed by atoms with E-state index in [4.69, 9.17) is 0 Å². The van der Waals surface area contributed by atoms with Crippen LogP contribution < -0.4 is 5.32 Å². The summed E-state index contributed by atoms with van der Waals surface area (Å²) in [5, 5.41) is 2.88. The molecule has 2 unspecified atom stereocenters. The summed E-state index contributed by atoms with van der Waals surface area (Å²) in [5.74, 6) is -0.352. The first kappa shape index (κ1) is 12.0. The van der Waals surface area contributed by atoms with Crippen molar-refractivity contribution in [3.8, 4) is 0 Å². The number of nitrogens with one attached hydrogen (secondary N) is 1. The second kappa shape index (κ2) is 5.11. The Bertz CT molecular complexity index is 255. The van der Waals surface area contributed by atoms with Crippen molar-refractivity contribution in [1.82, 2.24) is 10.2 Å². The van der Waals surface area contributed by atoms with E-state index in [-0.39, 0.29) is 17.9 Å². The van der Waals surface area contributed by atoms with Crippen molar-refractivity contribution in [2.24, 2.45) is 0 Å². The molecule has 1 aliphatic rings. The monoisotopic (exact) mass is 214 g/mol. The van der Waals surface area contributed by atoms with Gasteiger partial charge in [0.2, 0.25) is 5.91 Å². The van der Waals surface area contributed by atoms with Gasteiger partial charge in [0.15, 0.2) is 0 Å². The van der Waals surface area contributed by atoms with Crippen LogP contribution in [0.2, 0.25) is 0 Å². The predicted molar refractivity (Wildman–Crippen MR) is 55.3 cm³/mol. The molecule has 0 aromatic carbocycles. The molecular weight excluding hydrogens is 196 g/mol. The summed E-state index contributed by atoms with van der Waals surface area (Å²) in [4.78, 5) is 24.9. The van der Waals surface area contributed by atoms with Crippen molar-refractivity contribution in [2.45, 2.75) is 31.8 Å². The molecule has 15 heavy (non-hydrogen) atoms. The van der Waals surface area contributed by atoms with Gasteiger partial charge in [-0.15, -0.1) is 0 Å². The SMILES string of the molecule is CNC(C)C(=O)N1CCCC1C(=O)OC. The van der Waals surface area contributed by atoms with Crippen LogP contribution in [-0.2, 0) is 14.3 Å². The second-order valence-electron chi connectivity index (χ2n) is 3.72. The molecule has 0 bridgehead atoms. The Kier molecular flexibility index (Phi) is 4.08. The largest absolute Gasteiger partial charge is 0.467 e. The number of amides is 1. The summed E-state index contributed by atoms with van der Waals surface area (Å²) in [6.45, 7) is 2.43. The van der Waals surface area contributed by atoms with E-state index in [0.717, 1.165) is 6.42 Å². The highest BCUT2D eigenvalue weighted by Crippen LogP contribution is 2.19. The molecule has 0 aromatic rings. The van der Waals surface area contributed by atoms with Gasteiger partial charge in [0.25, 0.3) is 0 Å². The molecule has 1 amide bonds. The summed E-state index contributed by atoms with van der Waals surface area (Å²) < 4.78 is 4.67. The molecule has 86 valence electrons. The molecule has 0 spiro atoms. The molecule has 0 saturated carbocycles. The molecule has 1 N–H and O–H groups in total. The zero-order valence-corrected chi connectivity index (χ0v) is 9.45. The number of hydrogen-bond acceptors (Lipinski definition) is 4. The number of ether oxygens (including phenoxy) is 1. The molecule has 5 heteroatoms. The lowest BCUT2D eigenvalue weighted by molar-refractivity contribution is -0.151. The molecule has 1 heterocycles. The van der Waals surface area contributed by atoms with E-state index >= 15 is 0 Å². The normalized spacial score (nSPS) is 22.6. The minimum Gasteiger partial charge on any atom is -0.467 e. The zero-order chi connectivity index (χ0) is 11.4. The van der Waals surface area contributed by atoms with E-state index in [1.165, 1.54) is 7.11 Å². The van der Waals surface area contributed by atoms with E-state index in [2.05, 4.69) is 10.1 Å². The molecular formula is C10H18N2O3. The predicted octanol–water partition coefficient (Wildman–Crippen LogP) is -0.242. The van der Waals surface area contributed by atoms with Crippen LogP contribution in [0.1, 0.15) is 19.8 Å². The average Bonchev–Trinajstić information content (AvgIpc) is 2.74. The van der Waals surface area contributed by atoms with Crippen LogP contribution in [0.15, 0.2) is 0 Å². The fraction of sp³-hybridized carbons (Fsp3) is 0.800. The Hall–Kier alpha value is -1.10. The fourth-order valence-electron chi connectivity index (χ4n) is 1.78. The van der Waals surface area contributed by atoms with Crippen LogP contribution in [0.3, 0.4) is 0 Å². The van der Waals surface area contributed by atoms with Crippen LogP contribution in [0.4, 0.5) is 0 Å². The number of carbonyl (C=O) groups excluding carboxylic acids is 2. The van der Waals surface area contributed by atoms with E-state index in [9.17, 15) is 9.59 Å². The number of nitrogens with zero attached hydrogens (tertiary/aromatic N) is 1. The first-order valence-corrected chi connectivity index (χ1v) is 5.17. The Balaban J connectivity index is 2.68. The van der Waals surface area contributed by atoms with Crippen molar-refractivity contribution in [3.63, 3.8) is 0 Å². The lowest BCUT2D eigenvalue weighted by Crippen LogP contribution is -2.48. The number of methoxy groups -OCH3 is 1. The number of likely N-dealkylation sites (tertiary alicyclic amines) is 1. The maximum Gasteiger partial charge on any atom is 0.328 e. The molecule has 0 aromatic heterocycles. The number of hydrogen-bond donors (Lipinski definition) is 1. The second-order valence-corrected chi connectivity index (χ2v) is 3.72. The average molecular weight is 214 g/mol. The molecule has 1 aliphatic heterocycles. The minimum absolute atomic E-state index is 0.0367. The minimum atomic E-state index is -0.390. The number of rotatable bonds is 3. The number of esters is 1. The third-order valence-electron chi connectivity index (χ3n) is 2.81. The van der Waals surface area contributed by atoms with Gasteiger partial charge in [0.1, 0.15) is 6.04 Å². The van der Waals surface area contributed by atoms with E-state index in [1.807, 2.05) is 0 Å². The van der Waals surface area contributed by atoms with E-state index in [1.54, 1.807) is 18.9 Å². The van der Waals surface area contributed by atoms with Gasteiger partial charge in [-0.1, -0.05) is 0 Å². The van der Waals surface area contributed by atoms with Gasteiger partial charge in [-0.05, 0) is 26.8 Å². The molecule has 2 atom stereocenters. The van der Waals surface area contributed by atoms with Crippen LogP contribution in [0, 0.1) is 0 Å². The van der Waals surface area contributed by atoms with Gasteiger partial charge >= 0.3 is 5.97 Å². The van der Waals surface area contributed by atoms with Crippen LogP contribution in [0.25, 0.3) is 0 Å². The van der Waals surface area contributed by atoms with Crippen molar-refractivity contribution < 1.29 is 14.3 Å². The maximum absolute atomic E-state index is 11.9. The van der Waals surface area contributed by atoms with Crippen molar-refractivity contribution in [2.75, 3.05) is 20.7 Å². The third kappa shape index (κ3) is 2.47. The Morgan fingerprint density at radius 2 is 2.20 bits per heavy atom. The summed E-state index contributed by atoms with van der Waals surface area (Å²) in [6, 6.07) is -0.645. The molecule has 1 rings (SSSR count). The van der Waals surface area contributed by atoms with Gasteiger partial charge in [-0.25, -0.2) is 4.79 Å². The molecule has 0 radical (unpaired) electrons.